The number of hydrazine groups is 1. The number of hydrogen-bond donors (Lipinski definition) is 2. The Morgan fingerprint density at radius 1 is 1.63 bits per heavy atom. The molecule has 3 N–H and O–H groups in total. The minimum absolute atomic E-state index is 0.190. The first-order valence-electron chi connectivity index (χ1n) is 6.95. The van der Waals surface area contributed by atoms with Crippen molar-refractivity contribution in [3.8, 4) is 0 Å². The zero-order valence-corrected chi connectivity index (χ0v) is 12.4. The highest BCUT2D eigenvalue weighted by atomic mass is 32.2. The van der Waals surface area contributed by atoms with E-state index in [1.807, 2.05) is 18.0 Å². The Hall–Kier alpha value is -0.560. The quantitative estimate of drug-likeness (QED) is 0.453. The Balaban J connectivity index is 2.02. The molecule has 108 valence electrons. The lowest BCUT2D eigenvalue weighted by molar-refractivity contribution is 0.188. The van der Waals surface area contributed by atoms with E-state index in [-0.39, 0.29) is 6.04 Å². The first-order chi connectivity index (χ1) is 9.36. The molecule has 1 aromatic rings. The van der Waals surface area contributed by atoms with Crippen molar-refractivity contribution in [1.29, 1.82) is 0 Å². The number of methoxy groups -OCH3 is 1. The van der Waals surface area contributed by atoms with Crippen molar-refractivity contribution >= 4 is 11.8 Å². The molecule has 0 amide bonds. The highest BCUT2D eigenvalue weighted by Gasteiger charge is 2.27. The van der Waals surface area contributed by atoms with E-state index in [2.05, 4.69) is 21.3 Å². The Morgan fingerprint density at radius 2 is 2.53 bits per heavy atom. The summed E-state index contributed by atoms with van der Waals surface area (Å²) in [5.74, 6) is 7.03. The van der Waals surface area contributed by atoms with Crippen molar-refractivity contribution in [3.05, 3.63) is 18.0 Å². The molecule has 1 aromatic heterocycles. The molecule has 1 saturated heterocycles. The van der Waals surface area contributed by atoms with Crippen LogP contribution in [0, 0.1) is 0 Å². The Kier molecular flexibility index (Phi) is 6.16. The van der Waals surface area contributed by atoms with Crippen LogP contribution in [0.1, 0.15) is 37.4 Å². The number of thioether (sulfide) groups is 1. The number of aryl methyl sites for hydroxylation is 1. The van der Waals surface area contributed by atoms with Crippen LogP contribution < -0.4 is 11.3 Å². The zero-order valence-electron chi connectivity index (χ0n) is 11.5. The maximum Gasteiger partial charge on any atom is 0.0747 e. The van der Waals surface area contributed by atoms with Gasteiger partial charge in [0.2, 0.25) is 0 Å². The number of rotatable bonds is 7. The van der Waals surface area contributed by atoms with Gasteiger partial charge in [0.05, 0.1) is 11.7 Å². The lowest BCUT2D eigenvalue weighted by Gasteiger charge is -2.29. The highest BCUT2D eigenvalue weighted by molar-refractivity contribution is 8.00. The van der Waals surface area contributed by atoms with Gasteiger partial charge in [-0.3, -0.25) is 16.0 Å². The summed E-state index contributed by atoms with van der Waals surface area (Å²) in [4.78, 5) is 0. The van der Waals surface area contributed by atoms with Gasteiger partial charge in [-0.05, 0) is 31.1 Å². The first kappa shape index (κ1) is 14.8. The molecule has 2 heterocycles. The lowest BCUT2D eigenvalue weighted by Crippen LogP contribution is -2.37. The van der Waals surface area contributed by atoms with E-state index in [0.29, 0.717) is 5.25 Å². The molecular formula is C13H24N4OS. The summed E-state index contributed by atoms with van der Waals surface area (Å²) in [6.07, 6.45) is 6.68. The number of nitrogens with two attached hydrogens (primary N) is 1. The summed E-state index contributed by atoms with van der Waals surface area (Å²) in [6.45, 7) is 1.64. The van der Waals surface area contributed by atoms with Gasteiger partial charge in [0.15, 0.2) is 0 Å². The Bertz CT molecular complexity index is 365. The van der Waals surface area contributed by atoms with Crippen molar-refractivity contribution < 1.29 is 4.74 Å². The third kappa shape index (κ3) is 3.95. The third-order valence-electron chi connectivity index (χ3n) is 3.55. The summed E-state index contributed by atoms with van der Waals surface area (Å²) >= 11 is 2.02. The molecule has 1 fully saturated rings. The second-order valence-electron chi connectivity index (χ2n) is 4.87. The Labute approximate surface area is 119 Å². The first-order valence-corrected chi connectivity index (χ1v) is 8.00. The largest absolute Gasteiger partial charge is 0.385 e. The predicted molar refractivity (Wildman–Crippen MR) is 78.9 cm³/mol. The fourth-order valence-corrected chi connectivity index (χ4v) is 3.98. The maximum atomic E-state index is 5.79. The average molecular weight is 284 g/mol. The van der Waals surface area contributed by atoms with Gasteiger partial charge in [-0.25, -0.2) is 0 Å². The van der Waals surface area contributed by atoms with Crippen molar-refractivity contribution in [1.82, 2.24) is 15.2 Å². The van der Waals surface area contributed by atoms with Crippen LogP contribution in [0.3, 0.4) is 0 Å². The topological polar surface area (TPSA) is 65.1 Å². The fraction of sp³-hybridized carbons (Fsp3) is 0.769. The molecule has 2 rings (SSSR count). The zero-order chi connectivity index (χ0) is 13.5. The van der Waals surface area contributed by atoms with Crippen molar-refractivity contribution in [2.75, 3.05) is 19.5 Å². The van der Waals surface area contributed by atoms with E-state index >= 15 is 0 Å². The van der Waals surface area contributed by atoms with Gasteiger partial charge in [-0.1, -0.05) is 6.42 Å². The van der Waals surface area contributed by atoms with Crippen molar-refractivity contribution in [2.45, 2.75) is 43.5 Å². The van der Waals surface area contributed by atoms with E-state index in [9.17, 15) is 0 Å². The molecule has 0 aromatic carbocycles. The SMILES string of the molecule is COCCCn1nccc1C(NN)C1CCCCS1. The van der Waals surface area contributed by atoms with Crippen LogP contribution in [-0.2, 0) is 11.3 Å². The second kappa shape index (κ2) is 7.89. The van der Waals surface area contributed by atoms with Gasteiger partial charge < -0.3 is 4.74 Å². The summed E-state index contributed by atoms with van der Waals surface area (Å²) in [5.41, 5.74) is 4.18. The van der Waals surface area contributed by atoms with Crippen molar-refractivity contribution in [3.63, 3.8) is 0 Å². The lowest BCUT2D eigenvalue weighted by atomic mass is 10.0. The average Bonchev–Trinajstić information content (AvgIpc) is 2.90. The van der Waals surface area contributed by atoms with Crippen LogP contribution in [0.5, 0.6) is 0 Å². The second-order valence-corrected chi connectivity index (χ2v) is 6.22. The minimum atomic E-state index is 0.190. The summed E-state index contributed by atoms with van der Waals surface area (Å²) in [6, 6.07) is 2.27. The number of nitrogens with one attached hydrogen (secondary N) is 1. The molecule has 1 aliphatic rings. The molecule has 0 radical (unpaired) electrons. The van der Waals surface area contributed by atoms with Gasteiger partial charge in [0, 0.05) is 31.7 Å². The number of aromatic nitrogens is 2. The fourth-order valence-electron chi connectivity index (χ4n) is 2.56. The van der Waals surface area contributed by atoms with Crippen LogP contribution in [-0.4, -0.2) is 34.5 Å². The molecule has 0 spiro atoms. The van der Waals surface area contributed by atoms with E-state index in [4.69, 9.17) is 10.6 Å². The molecule has 0 saturated carbocycles. The molecule has 2 unspecified atom stereocenters. The molecule has 0 aliphatic carbocycles. The number of nitrogens with zero attached hydrogens (tertiary/aromatic N) is 2. The maximum absolute atomic E-state index is 5.79. The van der Waals surface area contributed by atoms with E-state index in [1.165, 1.54) is 30.7 Å². The predicted octanol–water partition coefficient (Wildman–Crippen LogP) is 1.71. The molecular weight excluding hydrogens is 260 g/mol. The Morgan fingerprint density at radius 3 is 3.21 bits per heavy atom. The van der Waals surface area contributed by atoms with Crippen LogP contribution >= 0.6 is 11.8 Å². The molecule has 2 atom stereocenters. The summed E-state index contributed by atoms with van der Waals surface area (Å²) < 4.78 is 7.15. The van der Waals surface area contributed by atoms with Gasteiger partial charge in [-0.2, -0.15) is 16.9 Å². The normalized spacial score (nSPS) is 21.5. The van der Waals surface area contributed by atoms with Gasteiger partial charge in [-0.15, -0.1) is 0 Å². The standard InChI is InChI=1S/C13H24N4OS/c1-18-9-4-8-17-11(6-7-15-17)13(16-14)12-5-2-3-10-19-12/h6-7,12-13,16H,2-5,8-10,14H2,1H3. The highest BCUT2D eigenvalue weighted by Crippen LogP contribution is 2.34. The number of hydrogen-bond acceptors (Lipinski definition) is 5. The van der Waals surface area contributed by atoms with Crippen LogP contribution in [0.2, 0.25) is 0 Å². The van der Waals surface area contributed by atoms with Gasteiger partial charge >= 0.3 is 0 Å². The molecule has 5 nitrogen and oxygen atoms in total. The van der Waals surface area contributed by atoms with Crippen molar-refractivity contribution in [2.24, 2.45) is 5.84 Å². The van der Waals surface area contributed by atoms with Gasteiger partial charge in [0.1, 0.15) is 0 Å². The third-order valence-corrected chi connectivity index (χ3v) is 5.01. The minimum Gasteiger partial charge on any atom is -0.385 e. The van der Waals surface area contributed by atoms with Gasteiger partial charge in [0.25, 0.3) is 0 Å². The van der Waals surface area contributed by atoms with E-state index < -0.39 is 0 Å². The molecule has 19 heavy (non-hydrogen) atoms. The van der Waals surface area contributed by atoms with Crippen LogP contribution in [0.15, 0.2) is 12.3 Å². The van der Waals surface area contributed by atoms with E-state index in [1.54, 1.807) is 7.11 Å². The molecule has 1 aliphatic heterocycles. The monoisotopic (exact) mass is 284 g/mol. The molecule has 0 bridgehead atoms. The number of ether oxygens (including phenoxy) is 1. The smallest absolute Gasteiger partial charge is 0.0747 e. The molecule has 6 heteroatoms. The van der Waals surface area contributed by atoms with Crippen LogP contribution in [0.4, 0.5) is 0 Å². The summed E-state index contributed by atoms with van der Waals surface area (Å²) in [5, 5.41) is 4.96. The van der Waals surface area contributed by atoms with Crippen LogP contribution in [0.25, 0.3) is 0 Å². The summed E-state index contributed by atoms with van der Waals surface area (Å²) in [7, 11) is 1.73. The van der Waals surface area contributed by atoms with E-state index in [0.717, 1.165) is 19.6 Å².